The number of phosphoric ester groups is 2. The molecule has 4 aliphatic rings. The fraction of sp³-hybridized carbons (Fsp3) is 0.533. The summed E-state index contributed by atoms with van der Waals surface area (Å²) in [5.74, 6) is 0.358. The van der Waals surface area contributed by atoms with Crippen molar-refractivity contribution in [2.24, 2.45) is 4.99 Å². The van der Waals surface area contributed by atoms with Crippen LogP contribution in [0.4, 0.5) is 17.5 Å². The molecule has 5 aromatic rings. The van der Waals surface area contributed by atoms with Crippen LogP contribution in [0.15, 0.2) is 36.6 Å². The molecular formula is C30H39N15O18P3+. The maximum absolute atomic E-state index is 13.5. The van der Waals surface area contributed by atoms with Gasteiger partial charge in [-0.15, -0.1) is 9.05 Å². The maximum atomic E-state index is 13.5. The summed E-state index contributed by atoms with van der Waals surface area (Å²) in [4.78, 5) is 65.9. The van der Waals surface area contributed by atoms with Gasteiger partial charge < -0.3 is 84.7 Å². The number of aromatic nitrogens is 10. The van der Waals surface area contributed by atoms with E-state index in [0.29, 0.717) is 11.5 Å². The summed E-state index contributed by atoms with van der Waals surface area (Å²) in [6.07, 6.45) is -12.4. The number of fused-ring (bicyclic) bond motifs is 3. The minimum absolute atomic E-state index is 0.0238. The van der Waals surface area contributed by atoms with Gasteiger partial charge in [0.15, 0.2) is 54.9 Å². The number of nitrogens with one attached hydrogen (secondary N) is 3. The Bertz CT molecular complexity index is 2740. The number of aliphatic imine (C=N–C) groups is 1. The largest absolute Gasteiger partial charge is 0.790 e. The molecular weight excluding hydrogens is 951 g/mol. The monoisotopic (exact) mass is 990 g/mol. The van der Waals surface area contributed by atoms with Crippen LogP contribution in [0, 0.1) is 0 Å². The lowest BCUT2D eigenvalue weighted by Crippen LogP contribution is -2.55. The van der Waals surface area contributed by atoms with Crippen molar-refractivity contribution in [3.05, 3.63) is 37.3 Å². The van der Waals surface area contributed by atoms with E-state index in [4.69, 9.17) is 43.8 Å². The minimum atomic E-state index is -5.61. The average molecular weight is 991 g/mol. The molecule has 5 aromatic heterocycles. The van der Waals surface area contributed by atoms with Gasteiger partial charge in [0.1, 0.15) is 61.2 Å². The second kappa shape index (κ2) is 18.1. The highest BCUT2D eigenvalue weighted by Gasteiger charge is 2.56. The molecule has 0 spiro atoms. The molecule has 0 amide bonds. The van der Waals surface area contributed by atoms with E-state index < -0.39 is 124 Å². The number of nitrogens with two attached hydrogens (primary N) is 2. The Morgan fingerprint density at radius 3 is 2.26 bits per heavy atom. The molecule has 15 atom stereocenters. The van der Waals surface area contributed by atoms with Crippen LogP contribution in [0.3, 0.4) is 0 Å². The minimum Gasteiger partial charge on any atom is -0.790 e. The predicted molar refractivity (Wildman–Crippen MR) is 203 cm³/mol. The fourth-order valence-electron chi connectivity index (χ4n) is 7.71. The molecule has 0 bridgehead atoms. The normalized spacial score (nSPS) is 32.2. The van der Waals surface area contributed by atoms with Crippen LogP contribution in [0.2, 0.25) is 0 Å². The first-order chi connectivity index (χ1) is 31.4. The van der Waals surface area contributed by atoms with Gasteiger partial charge in [-0.05, 0) is 0 Å². The fourth-order valence-corrected chi connectivity index (χ4v) is 9.71. The topological polar surface area (TPSA) is 488 Å². The number of aliphatic hydroxyl groups is 4. The van der Waals surface area contributed by atoms with E-state index in [1.165, 1.54) is 40.8 Å². The third-order valence-corrected chi connectivity index (χ3v) is 13.1. The van der Waals surface area contributed by atoms with E-state index in [-0.39, 0.29) is 34.0 Å². The smallest absolute Gasteiger partial charge is 0.698 e. The van der Waals surface area contributed by atoms with E-state index >= 15 is 0 Å². The first kappa shape index (κ1) is 46.4. The maximum Gasteiger partial charge on any atom is 0.698 e. The number of ether oxygens (including phenoxy) is 3. The molecule has 3 saturated heterocycles. The van der Waals surface area contributed by atoms with Crippen molar-refractivity contribution in [3.63, 3.8) is 0 Å². The standard InChI is InChI=1S/C30H38N15O18P3/c31-22-13-25(37-4-34-22)43(7-40-13)28-19(49)16(46)10(59-28)1-56-64(50)62-20-17(47)12(60-29(20)44-8-41-14-23(32)35-5-38-26(14)44)3-58-66(54,55)63-21-18(48)11(2-57-65(51,52)53)61-30(21)45-9-42-15-24(33)36-6-39-27(15)45/h4-12,16-21,23,28-30,46-49H,1-3,32H2,(H7-,31,33,34,35,36,37,38,39,51,52,53,54,55)/p+1/t10-,11-,12-,16-,17-,18-,19-,20-,21-,23?,28-,29-,30-/m1/s1. The van der Waals surface area contributed by atoms with Crippen molar-refractivity contribution in [1.82, 2.24) is 39.5 Å². The summed E-state index contributed by atoms with van der Waals surface area (Å²) in [6, 6.07) is 0. The Balaban J connectivity index is 0.898. The van der Waals surface area contributed by atoms with Gasteiger partial charge >= 0.3 is 13.9 Å². The zero-order valence-electron chi connectivity index (χ0n) is 33.3. The zero-order valence-corrected chi connectivity index (χ0v) is 36.0. The summed E-state index contributed by atoms with van der Waals surface area (Å²) in [6.45, 7) is -2.64. The molecule has 36 heteroatoms. The van der Waals surface area contributed by atoms with Crippen molar-refractivity contribution in [3.8, 4) is 0 Å². The Hall–Kier alpha value is -4.70. The predicted octanol–water partition coefficient (Wildman–Crippen LogP) is -6.83. The van der Waals surface area contributed by atoms with Crippen molar-refractivity contribution >= 4 is 70.0 Å². The van der Waals surface area contributed by atoms with Crippen LogP contribution in [0.1, 0.15) is 30.5 Å². The van der Waals surface area contributed by atoms with Crippen LogP contribution < -0.4 is 46.3 Å². The van der Waals surface area contributed by atoms with Gasteiger partial charge in [0.2, 0.25) is 35.9 Å². The number of rotatable bonds is 16. The highest BCUT2D eigenvalue weighted by molar-refractivity contribution is 7.45. The summed E-state index contributed by atoms with van der Waals surface area (Å²) in [7, 11) is -14.4. The third kappa shape index (κ3) is 8.92. The SMILES string of the molecule is Nc1ncnc2c1ncn2[C@@H]1O[C@H](CO[P+](=O)O[C@@H]2[C@H](O)[C@@H](COP(=O)([O-])O[C@@H]3[C@H](O)[C@@H](COP(=O)([O-])[O-])O[C@H]3[n+]3c[nH]c4c(N)ncnc43)O[C@H]2[n+]2c[nH]c3c2NC=NC3[NH3+])[C@@H](O)[C@H]1O. The van der Waals surface area contributed by atoms with Crippen LogP contribution in [0.25, 0.3) is 22.3 Å². The lowest BCUT2D eigenvalue weighted by Gasteiger charge is -2.31. The second-order valence-electron chi connectivity index (χ2n) is 14.9. The lowest BCUT2D eigenvalue weighted by molar-refractivity contribution is -0.752. The number of nitrogens with zero attached hydrogens (tertiary/aromatic N) is 9. The van der Waals surface area contributed by atoms with E-state index in [1.54, 1.807) is 0 Å². The molecule has 0 aromatic carbocycles. The van der Waals surface area contributed by atoms with E-state index in [0.717, 1.165) is 10.9 Å². The van der Waals surface area contributed by atoms with Crippen LogP contribution >= 0.6 is 23.9 Å². The van der Waals surface area contributed by atoms with E-state index in [1.807, 2.05) is 0 Å². The molecule has 4 aliphatic heterocycles. The molecule has 33 nitrogen and oxygen atoms in total. The van der Waals surface area contributed by atoms with Gasteiger partial charge in [0, 0.05) is 4.57 Å². The van der Waals surface area contributed by atoms with Crippen LogP contribution in [-0.2, 0) is 50.5 Å². The number of anilines is 3. The van der Waals surface area contributed by atoms with Gasteiger partial charge in [0.05, 0.1) is 27.4 Å². The highest BCUT2D eigenvalue weighted by Crippen LogP contribution is 2.47. The number of aromatic amines is 2. The van der Waals surface area contributed by atoms with Gasteiger partial charge in [-0.1, -0.05) is 4.98 Å². The van der Waals surface area contributed by atoms with Gasteiger partial charge in [-0.3, -0.25) is 24.4 Å². The van der Waals surface area contributed by atoms with E-state index in [9.17, 15) is 48.8 Å². The number of quaternary nitrogens is 1. The van der Waals surface area contributed by atoms with Crippen molar-refractivity contribution in [2.75, 3.05) is 36.6 Å². The number of H-pyrrole nitrogens is 2. The quantitative estimate of drug-likeness (QED) is 0.0324. The van der Waals surface area contributed by atoms with Crippen molar-refractivity contribution < 1.29 is 100 Å². The highest BCUT2D eigenvalue weighted by atomic mass is 31.2. The second-order valence-corrected chi connectivity index (χ2v) is 18.3. The first-order valence-corrected chi connectivity index (χ1v) is 23.3. The Morgan fingerprint density at radius 1 is 0.833 bits per heavy atom. The summed E-state index contributed by atoms with van der Waals surface area (Å²) in [5, 5.41) is 47.3. The first-order valence-electron chi connectivity index (χ1n) is 19.3. The average Bonchev–Trinajstić information content (AvgIpc) is 4.13. The molecule has 9 heterocycles. The molecule has 9 rings (SSSR count). The number of imidazole rings is 3. The third-order valence-electron chi connectivity index (χ3n) is 10.9. The number of hydrogen-bond donors (Lipinski definition) is 10. The summed E-state index contributed by atoms with van der Waals surface area (Å²) in [5.41, 5.74) is 16.8. The molecule has 0 radical (unpaired) electrons. The molecule has 356 valence electrons. The zero-order chi connectivity index (χ0) is 46.8. The number of hydrogen-bond acceptors (Lipinski definition) is 27. The van der Waals surface area contributed by atoms with Gasteiger partial charge in [-0.2, -0.15) is 9.98 Å². The van der Waals surface area contributed by atoms with Crippen LogP contribution in [0.5, 0.6) is 0 Å². The number of aliphatic hydroxyl groups excluding tert-OH is 4. The molecule has 14 N–H and O–H groups in total. The lowest BCUT2D eigenvalue weighted by atomic mass is 10.1. The molecule has 3 fully saturated rings. The Morgan fingerprint density at radius 2 is 1.50 bits per heavy atom. The van der Waals surface area contributed by atoms with Gasteiger partial charge in [0.25, 0.3) is 13.6 Å². The van der Waals surface area contributed by atoms with Crippen molar-refractivity contribution in [2.45, 2.75) is 79.8 Å². The van der Waals surface area contributed by atoms with E-state index in [2.05, 4.69) is 55.5 Å². The van der Waals surface area contributed by atoms with Gasteiger partial charge in [-0.25, -0.2) is 24.1 Å². The Kier molecular flexibility index (Phi) is 12.7. The summed E-state index contributed by atoms with van der Waals surface area (Å²) >= 11 is 0. The van der Waals surface area contributed by atoms with Crippen LogP contribution in [-0.4, -0.2) is 141 Å². The Labute approximate surface area is 368 Å². The number of phosphoric acid groups is 2. The molecule has 3 unspecified atom stereocenters. The van der Waals surface area contributed by atoms with Crippen molar-refractivity contribution in [1.29, 1.82) is 0 Å². The molecule has 66 heavy (non-hydrogen) atoms. The molecule has 0 saturated carbocycles. The molecule has 0 aliphatic carbocycles. The summed E-state index contributed by atoms with van der Waals surface area (Å²) < 4.78 is 85.5. The number of nitrogen functional groups attached to an aromatic ring is 2.